The lowest BCUT2D eigenvalue weighted by Gasteiger charge is -2.37. The smallest absolute Gasteiger partial charge is 0.319 e. The van der Waals surface area contributed by atoms with Crippen molar-refractivity contribution < 1.29 is 14.0 Å². The van der Waals surface area contributed by atoms with E-state index in [9.17, 15) is 9.59 Å². The zero-order chi connectivity index (χ0) is 27.7. The van der Waals surface area contributed by atoms with E-state index in [1.807, 2.05) is 13.0 Å². The van der Waals surface area contributed by atoms with Gasteiger partial charge in [-0.25, -0.2) is 14.2 Å². The number of nitrogens with one attached hydrogen (secondary N) is 2. The average molecular weight is 538 g/mol. The van der Waals surface area contributed by atoms with Crippen LogP contribution in [0.1, 0.15) is 92.8 Å². The molecule has 9 nitrogen and oxygen atoms in total. The maximum Gasteiger partial charge on any atom is 0.319 e. The minimum atomic E-state index is -0.398. The van der Waals surface area contributed by atoms with Crippen LogP contribution in [0, 0.1) is 17.7 Å². The second-order valence-electron chi connectivity index (χ2n) is 11.4. The van der Waals surface area contributed by atoms with Crippen LogP contribution in [0.3, 0.4) is 0 Å². The van der Waals surface area contributed by atoms with Crippen LogP contribution in [-0.4, -0.2) is 62.1 Å². The minimum Gasteiger partial charge on any atom is -0.340 e. The summed E-state index contributed by atoms with van der Waals surface area (Å²) in [5, 5.41) is 7.45. The summed E-state index contributed by atoms with van der Waals surface area (Å²) in [6.45, 7) is 5.41. The van der Waals surface area contributed by atoms with Gasteiger partial charge in [0.05, 0.1) is 17.6 Å². The van der Waals surface area contributed by atoms with Crippen molar-refractivity contribution in [2.24, 2.45) is 11.8 Å². The number of aromatic nitrogens is 4. The number of carbonyl (C=O) groups excluding carboxylic acids is 2. The number of imidazole rings is 1. The second kappa shape index (κ2) is 11.4. The van der Waals surface area contributed by atoms with Crippen molar-refractivity contribution >= 4 is 23.0 Å². The molecule has 2 N–H and O–H groups in total. The third-order valence-corrected chi connectivity index (χ3v) is 8.49. The number of nitrogens with zero attached hydrogens (tertiary/aromatic N) is 5. The summed E-state index contributed by atoms with van der Waals surface area (Å²) in [7, 11) is 3.45. The number of aryl methyl sites for hydroxylation is 1. The molecule has 5 rings (SSSR count). The molecule has 2 aromatic heterocycles. The summed E-state index contributed by atoms with van der Waals surface area (Å²) in [5.74, 6) is 0.807. The molecule has 210 valence electrons. The molecule has 3 aromatic rings. The fourth-order valence-corrected chi connectivity index (χ4v) is 6.24. The van der Waals surface area contributed by atoms with Crippen molar-refractivity contribution in [3.8, 4) is 0 Å². The lowest BCUT2D eigenvalue weighted by Crippen LogP contribution is -2.44. The monoisotopic (exact) mass is 537 g/mol. The van der Waals surface area contributed by atoms with Gasteiger partial charge in [0.25, 0.3) is 5.91 Å². The van der Waals surface area contributed by atoms with Crippen LogP contribution < -0.4 is 5.32 Å². The van der Waals surface area contributed by atoms with Gasteiger partial charge in [-0.05, 0) is 63.0 Å². The molecule has 3 heterocycles. The van der Waals surface area contributed by atoms with Gasteiger partial charge in [0.2, 0.25) is 0 Å². The summed E-state index contributed by atoms with van der Waals surface area (Å²) in [6, 6.07) is 4.54. The third-order valence-electron chi connectivity index (χ3n) is 8.49. The number of hydrogen-bond donors (Lipinski definition) is 2. The predicted octanol–water partition coefficient (Wildman–Crippen LogP) is 5.42. The van der Waals surface area contributed by atoms with E-state index in [0.29, 0.717) is 48.0 Å². The van der Waals surface area contributed by atoms with E-state index in [2.05, 4.69) is 22.3 Å². The Hall–Kier alpha value is -3.43. The van der Waals surface area contributed by atoms with E-state index in [0.717, 1.165) is 38.5 Å². The molecule has 2 fully saturated rings. The number of carbonyl (C=O) groups is 2. The van der Waals surface area contributed by atoms with Gasteiger partial charge < -0.3 is 20.1 Å². The first kappa shape index (κ1) is 27.1. The summed E-state index contributed by atoms with van der Waals surface area (Å²) < 4.78 is 17.8. The Labute approximate surface area is 229 Å². The van der Waals surface area contributed by atoms with Gasteiger partial charge in [-0.1, -0.05) is 25.8 Å². The first-order valence-electron chi connectivity index (χ1n) is 14.3. The standard InChI is InChI=1S/C29H40FN7O2/c1-5-37-23(15-16-31-37)28(38)34-25(19-11-9-18(2)10-12-19)27-32-21-14-13-20(24(30)26(21)33-27)22-8-6-7-17-36(22)29(39)35(3)4/h13-16,18-19,22,25H,5-12,17H2,1-4H3,(H,32,33)(H,34,38)/t18?,19?,22?,25-/m0/s1. The van der Waals surface area contributed by atoms with Crippen LogP contribution >= 0.6 is 0 Å². The fourth-order valence-electron chi connectivity index (χ4n) is 6.24. The molecule has 0 radical (unpaired) electrons. The number of aromatic amines is 1. The van der Waals surface area contributed by atoms with Crippen LogP contribution in [0.25, 0.3) is 11.0 Å². The molecule has 1 aliphatic carbocycles. The van der Waals surface area contributed by atoms with E-state index in [4.69, 9.17) is 4.98 Å². The third kappa shape index (κ3) is 5.38. The summed E-state index contributed by atoms with van der Waals surface area (Å²) in [4.78, 5) is 37.6. The number of benzene rings is 1. The van der Waals surface area contributed by atoms with E-state index in [1.165, 1.54) is 0 Å². The van der Waals surface area contributed by atoms with Crippen LogP contribution in [0.4, 0.5) is 9.18 Å². The molecule has 39 heavy (non-hydrogen) atoms. The second-order valence-corrected chi connectivity index (χ2v) is 11.4. The highest BCUT2D eigenvalue weighted by Gasteiger charge is 2.34. The molecule has 10 heteroatoms. The van der Waals surface area contributed by atoms with E-state index >= 15 is 4.39 Å². The molecule has 1 aliphatic heterocycles. The minimum absolute atomic E-state index is 0.109. The van der Waals surface area contributed by atoms with E-state index in [1.54, 1.807) is 46.9 Å². The number of fused-ring (bicyclic) bond motifs is 1. The number of likely N-dealkylation sites (tertiary alicyclic amines) is 1. The Morgan fingerprint density at radius 2 is 1.92 bits per heavy atom. The Kier molecular flexibility index (Phi) is 7.91. The summed E-state index contributed by atoms with van der Waals surface area (Å²) >= 11 is 0. The predicted molar refractivity (Wildman–Crippen MR) is 148 cm³/mol. The number of H-pyrrole nitrogens is 1. The molecule has 3 amide bonds. The van der Waals surface area contributed by atoms with E-state index in [-0.39, 0.29) is 35.5 Å². The Bertz CT molecular complexity index is 1320. The van der Waals surface area contributed by atoms with Gasteiger partial charge in [0.1, 0.15) is 17.0 Å². The first-order valence-corrected chi connectivity index (χ1v) is 14.3. The highest BCUT2D eigenvalue weighted by atomic mass is 19.1. The van der Waals surface area contributed by atoms with Crippen molar-refractivity contribution in [1.29, 1.82) is 0 Å². The number of halogens is 1. The topological polar surface area (TPSA) is 99.2 Å². The zero-order valence-corrected chi connectivity index (χ0v) is 23.4. The quantitative estimate of drug-likeness (QED) is 0.438. The molecule has 0 bridgehead atoms. The summed E-state index contributed by atoms with van der Waals surface area (Å²) in [6.07, 6.45) is 8.28. The molecule has 2 atom stereocenters. The average Bonchev–Trinajstić information content (AvgIpc) is 3.60. The largest absolute Gasteiger partial charge is 0.340 e. The van der Waals surface area contributed by atoms with E-state index < -0.39 is 5.82 Å². The zero-order valence-electron chi connectivity index (χ0n) is 23.4. The van der Waals surface area contributed by atoms with Gasteiger partial charge in [-0.2, -0.15) is 5.10 Å². The Morgan fingerprint density at radius 1 is 1.15 bits per heavy atom. The van der Waals surface area contributed by atoms with Crippen LogP contribution in [0.5, 0.6) is 0 Å². The van der Waals surface area contributed by atoms with Crippen molar-refractivity contribution in [2.45, 2.75) is 77.4 Å². The Morgan fingerprint density at radius 3 is 2.64 bits per heavy atom. The van der Waals surface area contributed by atoms with Crippen LogP contribution in [0.15, 0.2) is 24.4 Å². The van der Waals surface area contributed by atoms with Crippen molar-refractivity contribution in [3.63, 3.8) is 0 Å². The number of piperidine rings is 1. The maximum atomic E-state index is 16.1. The number of urea groups is 1. The number of amides is 3. The molecule has 1 unspecified atom stereocenters. The fraction of sp³-hybridized carbons (Fsp3) is 0.586. The van der Waals surface area contributed by atoms with Crippen LogP contribution in [0.2, 0.25) is 0 Å². The highest BCUT2D eigenvalue weighted by molar-refractivity contribution is 5.92. The Balaban J connectivity index is 1.49. The molecule has 1 saturated carbocycles. The molecular formula is C29H40FN7O2. The molecule has 1 saturated heterocycles. The van der Waals surface area contributed by atoms with Gasteiger partial charge in [-0.15, -0.1) is 0 Å². The van der Waals surface area contributed by atoms with Crippen molar-refractivity contribution in [1.82, 2.24) is 34.9 Å². The number of hydrogen-bond acceptors (Lipinski definition) is 4. The number of rotatable bonds is 6. The lowest BCUT2D eigenvalue weighted by atomic mass is 9.79. The SMILES string of the molecule is CCn1nccc1C(=O)N[C@H](c1nc2c(F)c(C3CCCCN3C(=O)N(C)C)ccc2[nH]1)C1CCC(C)CC1. The normalized spacial score (nSPS) is 22.6. The maximum absolute atomic E-state index is 16.1. The van der Waals surface area contributed by atoms with Gasteiger partial charge in [0, 0.05) is 38.9 Å². The van der Waals surface area contributed by atoms with Gasteiger partial charge in [0.15, 0.2) is 5.82 Å². The van der Waals surface area contributed by atoms with Gasteiger partial charge >= 0.3 is 6.03 Å². The van der Waals surface area contributed by atoms with Gasteiger partial charge in [-0.3, -0.25) is 9.48 Å². The van der Waals surface area contributed by atoms with Crippen LogP contribution in [-0.2, 0) is 6.54 Å². The lowest BCUT2D eigenvalue weighted by molar-refractivity contribution is 0.0893. The van der Waals surface area contributed by atoms with Crippen molar-refractivity contribution in [3.05, 3.63) is 47.3 Å². The summed E-state index contributed by atoms with van der Waals surface area (Å²) in [5.41, 5.74) is 1.84. The molecule has 2 aliphatic rings. The molecule has 0 spiro atoms. The van der Waals surface area contributed by atoms with Crippen molar-refractivity contribution in [2.75, 3.05) is 20.6 Å². The molecular weight excluding hydrogens is 497 g/mol. The molecule has 1 aromatic carbocycles. The highest BCUT2D eigenvalue weighted by Crippen LogP contribution is 2.38. The first-order chi connectivity index (χ1) is 18.8.